The van der Waals surface area contributed by atoms with Crippen LogP contribution in [0.15, 0.2) is 502 Å². The lowest BCUT2D eigenvalue weighted by atomic mass is 9.83. The fourth-order valence-electron chi connectivity index (χ4n) is 24.3. The molecule has 31 rings (SSSR count). The van der Waals surface area contributed by atoms with E-state index in [1.54, 1.807) is 0 Å². The Labute approximate surface area is 799 Å². The molecule has 139 heavy (non-hydrogen) atoms. The standard InChI is InChI=1S/2C48H29N.C40H24O/c1-2-14-33-30(12-1)13-9-20-34(33)31-26-28-32(29-27-31)45-36-16-3-5-18-38(36)46(39-19-6-4-17-37(39)45)43-24-11-23-42-41-22-10-21-40-35-15-7-8-25-44(35)49(47(40)41)48(42)43;1-2-13-30(14-3-1)32-27-28-41(34-16-5-4-15-33(32)34)47-39-20-8-6-18-37(39)46(38-19-7-9-21-40(38)47)31-25-26-36-43-23-12-22-42-35-17-10-11-24-44(35)49(48(42)43)45(36)29-31;1-3-13-28-25(10-1)12-9-19-30(28)39-33-17-7-5-15-31(33)38(32-16-6-8-18-34(32)39)27-21-22-36-35(24-27)40-29-14-4-2-11-26(29)20-23-37(40)41-36/h2*1-29H;1-24H. The topological polar surface area (TPSA) is 22.0 Å². The lowest BCUT2D eigenvalue weighted by Gasteiger charge is -2.19. The zero-order chi connectivity index (χ0) is 91.0. The maximum atomic E-state index is 6.34. The molecule has 642 valence electrons. The normalized spacial score (nSPS) is 12.0. The second-order valence-corrected chi connectivity index (χ2v) is 37.2. The summed E-state index contributed by atoms with van der Waals surface area (Å²) < 4.78 is 11.4. The van der Waals surface area contributed by atoms with Gasteiger partial charge in [-0.15, -0.1) is 0 Å². The van der Waals surface area contributed by atoms with Gasteiger partial charge in [-0.2, -0.15) is 0 Å². The molecule has 26 aromatic carbocycles. The van der Waals surface area contributed by atoms with Crippen molar-refractivity contribution in [3.8, 4) is 89.0 Å². The number of para-hydroxylation sites is 5. The van der Waals surface area contributed by atoms with Crippen molar-refractivity contribution >= 4 is 206 Å². The van der Waals surface area contributed by atoms with Gasteiger partial charge in [-0.1, -0.05) is 461 Å². The second-order valence-electron chi connectivity index (χ2n) is 37.2. The van der Waals surface area contributed by atoms with Gasteiger partial charge in [0, 0.05) is 59.4 Å². The van der Waals surface area contributed by atoms with Crippen molar-refractivity contribution < 1.29 is 4.42 Å². The first kappa shape index (κ1) is 78.2. The number of benzene rings is 26. The van der Waals surface area contributed by atoms with Crippen molar-refractivity contribution in [2.24, 2.45) is 0 Å². The Bertz CT molecular complexity index is 10400. The molecule has 31 aromatic rings. The number of rotatable bonds is 8. The van der Waals surface area contributed by atoms with E-state index in [4.69, 9.17) is 4.42 Å². The molecule has 0 atom stereocenters. The minimum absolute atomic E-state index is 0.918. The maximum absolute atomic E-state index is 6.34. The predicted octanol–water partition coefficient (Wildman–Crippen LogP) is 38.1. The van der Waals surface area contributed by atoms with Crippen LogP contribution in [-0.4, -0.2) is 8.80 Å². The van der Waals surface area contributed by atoms with Gasteiger partial charge in [-0.25, -0.2) is 0 Å². The average Bonchev–Trinajstić information content (AvgIpc) is 1.55. The smallest absolute Gasteiger partial charge is 0.136 e. The molecule has 0 bridgehead atoms. The lowest BCUT2D eigenvalue weighted by molar-refractivity contribution is 0.669. The van der Waals surface area contributed by atoms with Gasteiger partial charge in [0.15, 0.2) is 0 Å². The second kappa shape index (κ2) is 31.2. The zero-order valence-electron chi connectivity index (χ0n) is 75.6. The van der Waals surface area contributed by atoms with Crippen LogP contribution >= 0.6 is 0 Å². The molecular formula is C136H82N2O. The van der Waals surface area contributed by atoms with E-state index in [0.29, 0.717) is 0 Å². The molecule has 3 nitrogen and oxygen atoms in total. The van der Waals surface area contributed by atoms with Gasteiger partial charge in [-0.05, 0) is 228 Å². The van der Waals surface area contributed by atoms with Crippen molar-refractivity contribution in [3.05, 3.63) is 497 Å². The summed E-state index contributed by atoms with van der Waals surface area (Å²) in [5.41, 5.74) is 29.7. The Kier molecular flexibility index (Phi) is 17.5. The van der Waals surface area contributed by atoms with Crippen molar-refractivity contribution in [1.82, 2.24) is 8.80 Å². The molecule has 5 heterocycles. The van der Waals surface area contributed by atoms with Crippen LogP contribution in [0.3, 0.4) is 0 Å². The van der Waals surface area contributed by atoms with Gasteiger partial charge in [0.05, 0.1) is 33.1 Å². The van der Waals surface area contributed by atoms with Gasteiger partial charge in [-0.3, -0.25) is 0 Å². The van der Waals surface area contributed by atoms with Gasteiger partial charge in [0.1, 0.15) is 11.2 Å². The van der Waals surface area contributed by atoms with Gasteiger partial charge in [0.25, 0.3) is 0 Å². The number of hydrogen-bond acceptors (Lipinski definition) is 1. The molecule has 0 fully saturated rings. The molecule has 0 aliphatic heterocycles. The summed E-state index contributed by atoms with van der Waals surface area (Å²) in [7, 11) is 0. The number of hydrogen-bond donors (Lipinski definition) is 0. The van der Waals surface area contributed by atoms with E-state index >= 15 is 0 Å². The third-order valence-electron chi connectivity index (χ3n) is 30.1. The van der Waals surface area contributed by atoms with E-state index in [1.165, 1.54) is 278 Å². The van der Waals surface area contributed by atoms with E-state index in [1.807, 2.05) is 0 Å². The van der Waals surface area contributed by atoms with Crippen molar-refractivity contribution in [3.63, 3.8) is 0 Å². The minimum Gasteiger partial charge on any atom is -0.456 e. The Morgan fingerprint density at radius 2 is 0.424 bits per heavy atom. The van der Waals surface area contributed by atoms with E-state index in [9.17, 15) is 0 Å². The van der Waals surface area contributed by atoms with Crippen LogP contribution in [0.2, 0.25) is 0 Å². The number of nitrogens with zero attached hydrogens (tertiary/aromatic N) is 2. The highest BCUT2D eigenvalue weighted by molar-refractivity contribution is 6.32. The van der Waals surface area contributed by atoms with E-state index in [0.717, 1.165) is 16.6 Å². The summed E-state index contributed by atoms with van der Waals surface area (Å²) >= 11 is 0. The third-order valence-corrected chi connectivity index (χ3v) is 30.1. The molecular weight excluding hydrogens is 1680 g/mol. The van der Waals surface area contributed by atoms with Crippen LogP contribution in [0, 0.1) is 0 Å². The SMILES string of the molecule is c1ccc(-c2ccc(-c3c4ccccc4c(-c4ccc5c6cccc7c8ccccc8n(c5c4)c76)c4ccccc34)c3ccccc23)cc1.c1ccc2c(-c3c4ccccc4c(-c4ccc5oc6ccc7ccccc7c6c5c4)c4ccccc34)cccc2c1.c1ccc2c(-c3ccc(-c4c5ccccc5c(-c5cccc6c7cccc8c9ccccc9n(c56)c87)c5ccccc45)cc3)cccc2c1. The molecule has 0 aliphatic rings. The van der Waals surface area contributed by atoms with Crippen molar-refractivity contribution in [2.75, 3.05) is 0 Å². The minimum atomic E-state index is 0.918. The van der Waals surface area contributed by atoms with Gasteiger partial charge in [0.2, 0.25) is 0 Å². The summed E-state index contributed by atoms with van der Waals surface area (Å²) in [6.45, 7) is 0. The first-order chi connectivity index (χ1) is 69.0. The predicted molar refractivity (Wildman–Crippen MR) is 594 cm³/mol. The number of fused-ring (bicyclic) bond motifs is 26. The fourth-order valence-corrected chi connectivity index (χ4v) is 24.3. The first-order valence-corrected chi connectivity index (χ1v) is 48.2. The quantitative estimate of drug-likeness (QED) is 0.139. The highest BCUT2D eigenvalue weighted by Gasteiger charge is 2.28. The van der Waals surface area contributed by atoms with Gasteiger partial charge < -0.3 is 13.2 Å². The summed E-state index contributed by atoms with van der Waals surface area (Å²) in [5.74, 6) is 0. The Morgan fingerprint density at radius 1 is 0.129 bits per heavy atom. The average molecular weight is 1760 g/mol. The molecule has 0 spiro atoms. The van der Waals surface area contributed by atoms with Gasteiger partial charge >= 0.3 is 0 Å². The summed E-state index contributed by atoms with van der Waals surface area (Å²) in [5, 5.41) is 38.0. The summed E-state index contributed by atoms with van der Waals surface area (Å²) in [4.78, 5) is 0. The molecule has 0 aliphatic carbocycles. The lowest BCUT2D eigenvalue weighted by Crippen LogP contribution is -1.93. The Morgan fingerprint density at radius 3 is 0.957 bits per heavy atom. The van der Waals surface area contributed by atoms with Crippen molar-refractivity contribution in [1.29, 1.82) is 0 Å². The van der Waals surface area contributed by atoms with E-state index in [-0.39, 0.29) is 0 Å². The van der Waals surface area contributed by atoms with E-state index < -0.39 is 0 Å². The number of aromatic nitrogens is 2. The van der Waals surface area contributed by atoms with Crippen LogP contribution < -0.4 is 0 Å². The molecule has 0 N–H and O–H groups in total. The highest BCUT2D eigenvalue weighted by atomic mass is 16.3. The van der Waals surface area contributed by atoms with Crippen LogP contribution in [-0.2, 0) is 0 Å². The van der Waals surface area contributed by atoms with Crippen LogP contribution in [0.4, 0.5) is 0 Å². The molecule has 0 saturated carbocycles. The first-order valence-electron chi connectivity index (χ1n) is 48.2. The highest BCUT2D eigenvalue weighted by Crippen LogP contribution is 2.54. The summed E-state index contributed by atoms with van der Waals surface area (Å²) in [6.07, 6.45) is 0. The third kappa shape index (κ3) is 11.9. The van der Waals surface area contributed by atoms with E-state index in [2.05, 4.69) is 506 Å². The summed E-state index contributed by atoms with van der Waals surface area (Å²) in [6, 6.07) is 182. The molecule has 3 heteroatoms. The monoisotopic (exact) mass is 1760 g/mol. The maximum Gasteiger partial charge on any atom is 0.136 e. The van der Waals surface area contributed by atoms with Crippen molar-refractivity contribution in [2.45, 2.75) is 0 Å². The van der Waals surface area contributed by atoms with Crippen LogP contribution in [0.1, 0.15) is 0 Å². The largest absolute Gasteiger partial charge is 0.456 e. The molecule has 5 aromatic heterocycles. The number of furan rings is 1. The fraction of sp³-hybridized carbons (Fsp3) is 0. The molecule has 0 unspecified atom stereocenters. The van der Waals surface area contributed by atoms with Crippen LogP contribution in [0.25, 0.3) is 295 Å². The molecule has 0 saturated heterocycles. The Hall–Kier alpha value is -18.3. The Balaban J connectivity index is 0.000000101. The molecule has 0 amide bonds. The molecule has 0 radical (unpaired) electrons. The zero-order valence-corrected chi connectivity index (χ0v) is 75.6. The van der Waals surface area contributed by atoms with Crippen LogP contribution in [0.5, 0.6) is 0 Å².